The number of hydrogen-bond acceptors (Lipinski definition) is 5. The maximum absolute atomic E-state index is 12.2. The molecule has 2 aromatic carbocycles. The monoisotopic (exact) mass is 395 g/mol. The minimum absolute atomic E-state index is 0.107. The van der Waals surface area contributed by atoms with Crippen LogP contribution < -0.4 is 10.6 Å². The number of thioether (sulfide) groups is 1. The van der Waals surface area contributed by atoms with E-state index in [4.69, 9.17) is 0 Å². The first-order valence-electron chi connectivity index (χ1n) is 8.71. The number of anilines is 2. The van der Waals surface area contributed by atoms with Crippen LogP contribution in [-0.4, -0.2) is 32.7 Å². The normalized spacial score (nSPS) is 10.5. The van der Waals surface area contributed by atoms with Crippen molar-refractivity contribution in [2.24, 2.45) is 0 Å². The zero-order valence-corrected chi connectivity index (χ0v) is 16.7. The average molecular weight is 395 g/mol. The molecule has 0 saturated carbocycles. The number of H-pyrrole nitrogens is 1. The Morgan fingerprint density at radius 3 is 2.54 bits per heavy atom. The highest BCUT2D eigenvalue weighted by Gasteiger charge is 2.10. The molecule has 0 fully saturated rings. The lowest BCUT2D eigenvalue weighted by molar-refractivity contribution is -0.114. The largest absolute Gasteiger partial charge is 0.326 e. The molecule has 0 bridgehead atoms. The topological polar surface area (TPSA) is 99.8 Å². The molecule has 0 aliphatic heterocycles. The van der Waals surface area contributed by atoms with Gasteiger partial charge in [-0.3, -0.25) is 14.7 Å². The fourth-order valence-corrected chi connectivity index (χ4v) is 3.14. The van der Waals surface area contributed by atoms with E-state index in [1.54, 1.807) is 12.1 Å². The van der Waals surface area contributed by atoms with Gasteiger partial charge in [0.15, 0.2) is 5.82 Å². The van der Waals surface area contributed by atoms with E-state index in [2.05, 4.69) is 25.8 Å². The zero-order valence-electron chi connectivity index (χ0n) is 15.9. The molecule has 3 rings (SSSR count). The summed E-state index contributed by atoms with van der Waals surface area (Å²) in [6.07, 6.45) is 0. The van der Waals surface area contributed by atoms with Crippen molar-refractivity contribution in [1.29, 1.82) is 0 Å². The molecule has 0 saturated heterocycles. The lowest BCUT2D eigenvalue weighted by atomic mass is 10.1. The Balaban J connectivity index is 1.58. The molecule has 144 valence electrons. The Kier molecular flexibility index (Phi) is 6.10. The van der Waals surface area contributed by atoms with Crippen LogP contribution in [-0.2, 0) is 9.59 Å². The van der Waals surface area contributed by atoms with Crippen LogP contribution in [0.1, 0.15) is 18.1 Å². The second kappa shape index (κ2) is 8.71. The smallest absolute Gasteiger partial charge is 0.234 e. The Labute approximate surface area is 167 Å². The van der Waals surface area contributed by atoms with Crippen LogP contribution in [0.3, 0.4) is 0 Å². The maximum Gasteiger partial charge on any atom is 0.234 e. The van der Waals surface area contributed by atoms with Crippen LogP contribution >= 0.6 is 11.8 Å². The molecule has 2 amide bonds. The fraction of sp³-hybridized carbons (Fsp3) is 0.200. The van der Waals surface area contributed by atoms with E-state index in [0.29, 0.717) is 16.7 Å². The molecule has 0 radical (unpaired) electrons. The molecule has 3 N–H and O–H groups in total. The molecule has 3 aromatic rings. The van der Waals surface area contributed by atoms with Gasteiger partial charge in [0.05, 0.1) is 5.75 Å². The highest BCUT2D eigenvalue weighted by Crippen LogP contribution is 2.22. The summed E-state index contributed by atoms with van der Waals surface area (Å²) in [7, 11) is 0. The summed E-state index contributed by atoms with van der Waals surface area (Å²) in [4.78, 5) is 27.7. The second-order valence-electron chi connectivity index (χ2n) is 6.38. The average Bonchev–Trinajstić information content (AvgIpc) is 3.12. The van der Waals surface area contributed by atoms with Gasteiger partial charge in [0.25, 0.3) is 0 Å². The summed E-state index contributed by atoms with van der Waals surface area (Å²) in [5, 5.41) is 13.2. The number of aromatic nitrogens is 3. The number of nitrogens with one attached hydrogen (secondary N) is 3. The number of aryl methyl sites for hydroxylation is 2. The van der Waals surface area contributed by atoms with Crippen molar-refractivity contribution in [3.8, 4) is 11.4 Å². The first-order valence-corrected chi connectivity index (χ1v) is 9.69. The summed E-state index contributed by atoms with van der Waals surface area (Å²) in [5.74, 6) is 0.591. The maximum atomic E-state index is 12.2. The van der Waals surface area contributed by atoms with E-state index < -0.39 is 0 Å². The lowest BCUT2D eigenvalue weighted by Crippen LogP contribution is -2.15. The van der Waals surface area contributed by atoms with Crippen LogP contribution in [0.15, 0.2) is 47.6 Å². The number of aromatic amines is 1. The summed E-state index contributed by atoms with van der Waals surface area (Å²) in [6.45, 7) is 5.41. The predicted octanol–water partition coefficient (Wildman–Crippen LogP) is 3.78. The van der Waals surface area contributed by atoms with E-state index in [0.717, 1.165) is 22.4 Å². The molecule has 1 heterocycles. The number of carbonyl (C=O) groups excluding carboxylic acids is 2. The molecular formula is C20H21N5O2S. The Bertz CT molecular complexity index is 998. The third-order valence-corrected chi connectivity index (χ3v) is 4.79. The molecule has 28 heavy (non-hydrogen) atoms. The summed E-state index contributed by atoms with van der Waals surface area (Å²) in [5.41, 5.74) is 4.49. The predicted molar refractivity (Wildman–Crippen MR) is 111 cm³/mol. The van der Waals surface area contributed by atoms with Crippen LogP contribution in [0.5, 0.6) is 0 Å². The van der Waals surface area contributed by atoms with Crippen LogP contribution in [0.25, 0.3) is 11.4 Å². The van der Waals surface area contributed by atoms with E-state index in [-0.39, 0.29) is 17.6 Å². The molecule has 0 spiro atoms. The third kappa shape index (κ3) is 5.20. The van der Waals surface area contributed by atoms with Crippen molar-refractivity contribution >= 4 is 35.0 Å². The molecular weight excluding hydrogens is 374 g/mol. The van der Waals surface area contributed by atoms with Crippen molar-refractivity contribution in [2.75, 3.05) is 16.4 Å². The van der Waals surface area contributed by atoms with Crippen LogP contribution in [0.2, 0.25) is 0 Å². The molecule has 0 atom stereocenters. The van der Waals surface area contributed by atoms with E-state index in [1.165, 1.54) is 18.7 Å². The summed E-state index contributed by atoms with van der Waals surface area (Å²) < 4.78 is 0. The number of amides is 2. The van der Waals surface area contributed by atoms with Crippen molar-refractivity contribution < 1.29 is 9.59 Å². The quantitative estimate of drug-likeness (QED) is 0.552. The van der Waals surface area contributed by atoms with Gasteiger partial charge in [0.2, 0.25) is 17.0 Å². The number of benzene rings is 2. The van der Waals surface area contributed by atoms with E-state index in [1.807, 2.05) is 44.2 Å². The van der Waals surface area contributed by atoms with Gasteiger partial charge in [-0.1, -0.05) is 23.9 Å². The first-order chi connectivity index (χ1) is 13.4. The molecule has 7 nitrogen and oxygen atoms in total. The molecule has 0 aliphatic carbocycles. The van der Waals surface area contributed by atoms with Crippen molar-refractivity contribution in [1.82, 2.24) is 15.2 Å². The standard InChI is InChI=1S/C20H21N5O2S/c1-12-4-5-13(2)17(10-12)22-18(27)11-28-20-23-19(24-25-20)15-6-8-16(9-7-15)21-14(3)26/h4-10H,11H2,1-3H3,(H,21,26)(H,22,27)(H,23,24,25). The summed E-state index contributed by atoms with van der Waals surface area (Å²) in [6, 6.07) is 13.2. The van der Waals surface area contributed by atoms with Gasteiger partial charge < -0.3 is 10.6 Å². The molecule has 8 heteroatoms. The van der Waals surface area contributed by atoms with Crippen molar-refractivity contribution in [3.05, 3.63) is 53.6 Å². The Morgan fingerprint density at radius 1 is 1.07 bits per heavy atom. The Hall–Kier alpha value is -3.13. The van der Waals surface area contributed by atoms with Gasteiger partial charge >= 0.3 is 0 Å². The van der Waals surface area contributed by atoms with Crippen molar-refractivity contribution in [3.63, 3.8) is 0 Å². The van der Waals surface area contributed by atoms with E-state index in [9.17, 15) is 9.59 Å². The molecule has 1 aromatic heterocycles. The fourth-order valence-electron chi connectivity index (χ4n) is 2.54. The van der Waals surface area contributed by atoms with Crippen molar-refractivity contribution in [2.45, 2.75) is 25.9 Å². The number of carbonyl (C=O) groups is 2. The SMILES string of the molecule is CC(=O)Nc1ccc(-c2nc(SCC(=O)Nc3cc(C)ccc3C)n[nH]2)cc1. The lowest BCUT2D eigenvalue weighted by Gasteiger charge is -2.08. The highest BCUT2D eigenvalue weighted by molar-refractivity contribution is 7.99. The molecule has 0 aliphatic rings. The highest BCUT2D eigenvalue weighted by atomic mass is 32.2. The first kappa shape index (κ1) is 19.6. The summed E-state index contributed by atoms with van der Waals surface area (Å²) >= 11 is 1.26. The van der Waals surface area contributed by atoms with Crippen LogP contribution in [0, 0.1) is 13.8 Å². The van der Waals surface area contributed by atoms with Gasteiger partial charge in [-0.2, -0.15) is 0 Å². The van der Waals surface area contributed by atoms with Gasteiger partial charge in [0, 0.05) is 23.9 Å². The number of rotatable bonds is 6. The third-order valence-electron chi connectivity index (χ3n) is 3.94. The van der Waals surface area contributed by atoms with Gasteiger partial charge in [0.1, 0.15) is 0 Å². The minimum atomic E-state index is -0.120. The van der Waals surface area contributed by atoms with Gasteiger partial charge in [-0.25, -0.2) is 4.98 Å². The number of nitrogens with zero attached hydrogens (tertiary/aromatic N) is 2. The Morgan fingerprint density at radius 2 is 1.82 bits per heavy atom. The number of hydrogen-bond donors (Lipinski definition) is 3. The minimum Gasteiger partial charge on any atom is -0.326 e. The zero-order chi connectivity index (χ0) is 20.1. The van der Waals surface area contributed by atoms with Gasteiger partial charge in [-0.05, 0) is 55.3 Å². The van der Waals surface area contributed by atoms with Gasteiger partial charge in [-0.15, -0.1) is 5.10 Å². The van der Waals surface area contributed by atoms with Crippen LogP contribution in [0.4, 0.5) is 11.4 Å². The molecule has 0 unspecified atom stereocenters. The second-order valence-corrected chi connectivity index (χ2v) is 7.32. The van der Waals surface area contributed by atoms with E-state index >= 15 is 0 Å².